The van der Waals surface area contributed by atoms with Crippen LogP contribution < -0.4 is 11.4 Å². The van der Waals surface area contributed by atoms with Crippen LogP contribution in [0, 0.1) is 0 Å². The molecule has 0 aliphatic carbocycles. The van der Waals surface area contributed by atoms with Crippen LogP contribution in [0.4, 0.5) is 5.82 Å². The van der Waals surface area contributed by atoms with E-state index in [4.69, 9.17) is 20.7 Å². The number of aliphatic hydroxyl groups excluding tert-OH is 4. The van der Waals surface area contributed by atoms with Gasteiger partial charge in [-0.3, -0.25) is 4.57 Å². The van der Waals surface area contributed by atoms with Crippen molar-refractivity contribution in [3.63, 3.8) is 0 Å². The molecule has 1 aromatic heterocycles. The van der Waals surface area contributed by atoms with Crippen molar-refractivity contribution in [2.24, 2.45) is 0 Å². The Morgan fingerprint density at radius 2 is 2.12 bits per heavy atom. The van der Waals surface area contributed by atoms with Gasteiger partial charge in [-0.15, -0.1) is 0 Å². The summed E-state index contributed by atoms with van der Waals surface area (Å²) in [5.74, 6) is 0.0336. The van der Waals surface area contributed by atoms with Gasteiger partial charge in [0.2, 0.25) is 0 Å². The summed E-state index contributed by atoms with van der Waals surface area (Å²) < 4.78 is 6.39. The molecule has 0 bridgehead atoms. The molecule has 0 radical (unpaired) electrons. The van der Waals surface area contributed by atoms with Crippen LogP contribution in [0.15, 0.2) is 16.6 Å². The standard InChI is InChI=1S/C15H23N3O6/c1-8(3-2-4-19)5-9-6-18(15(23)17-13(9)16)14-12(22)11(21)10(7-20)24-14/h5-6,10-12,14,19-22H,2-4,7H2,1H3,(H2,16,17,23)/b8-5+/t10-,11-,12-,14-/m1/s1. The van der Waals surface area contributed by atoms with Gasteiger partial charge in [0.05, 0.1) is 6.61 Å². The number of hydrogen-bond acceptors (Lipinski definition) is 8. The first-order chi connectivity index (χ1) is 11.4. The fraction of sp³-hybridized carbons (Fsp3) is 0.600. The van der Waals surface area contributed by atoms with Crippen molar-refractivity contribution in [3.8, 4) is 0 Å². The fourth-order valence-electron chi connectivity index (χ4n) is 2.60. The molecular formula is C15H23N3O6. The van der Waals surface area contributed by atoms with E-state index in [-0.39, 0.29) is 12.4 Å². The molecule has 0 aromatic carbocycles. The van der Waals surface area contributed by atoms with Crippen molar-refractivity contribution in [3.05, 3.63) is 27.8 Å². The Balaban J connectivity index is 2.35. The van der Waals surface area contributed by atoms with E-state index in [1.54, 1.807) is 6.08 Å². The molecule has 2 heterocycles. The van der Waals surface area contributed by atoms with Gasteiger partial charge in [0.15, 0.2) is 6.23 Å². The van der Waals surface area contributed by atoms with Gasteiger partial charge in [0.1, 0.15) is 24.1 Å². The Morgan fingerprint density at radius 1 is 1.42 bits per heavy atom. The van der Waals surface area contributed by atoms with Crippen LogP contribution in [0.3, 0.4) is 0 Å². The van der Waals surface area contributed by atoms with E-state index in [1.165, 1.54) is 6.20 Å². The second-order valence-electron chi connectivity index (χ2n) is 5.82. The first-order valence-corrected chi connectivity index (χ1v) is 7.68. The highest BCUT2D eigenvalue weighted by molar-refractivity contribution is 5.61. The second kappa shape index (κ2) is 7.86. The van der Waals surface area contributed by atoms with Gasteiger partial charge in [-0.2, -0.15) is 4.98 Å². The van der Waals surface area contributed by atoms with Gasteiger partial charge < -0.3 is 30.9 Å². The van der Waals surface area contributed by atoms with Crippen molar-refractivity contribution < 1.29 is 25.2 Å². The molecule has 4 atom stereocenters. The molecule has 0 spiro atoms. The lowest BCUT2D eigenvalue weighted by Gasteiger charge is -2.18. The van der Waals surface area contributed by atoms with Crippen LogP contribution in [-0.4, -0.2) is 61.5 Å². The number of nitrogen functional groups attached to an aromatic ring is 1. The largest absolute Gasteiger partial charge is 0.396 e. The van der Waals surface area contributed by atoms with Gasteiger partial charge in [-0.05, 0) is 19.8 Å². The number of allylic oxidation sites excluding steroid dienone is 1. The van der Waals surface area contributed by atoms with Gasteiger partial charge >= 0.3 is 5.69 Å². The molecule has 0 saturated carbocycles. The van der Waals surface area contributed by atoms with Gasteiger partial charge in [-0.25, -0.2) is 4.79 Å². The van der Waals surface area contributed by atoms with E-state index in [1.807, 2.05) is 6.92 Å². The number of anilines is 1. The number of nitrogens with zero attached hydrogens (tertiary/aromatic N) is 2. The van der Waals surface area contributed by atoms with E-state index in [0.29, 0.717) is 18.4 Å². The maximum absolute atomic E-state index is 12.1. The third-order valence-electron chi connectivity index (χ3n) is 3.93. The molecule has 1 saturated heterocycles. The first kappa shape index (κ1) is 18.6. The Kier molecular flexibility index (Phi) is 6.08. The highest BCUT2D eigenvalue weighted by atomic mass is 16.6. The topological polar surface area (TPSA) is 151 Å². The van der Waals surface area contributed by atoms with Gasteiger partial charge in [0.25, 0.3) is 0 Å². The molecule has 24 heavy (non-hydrogen) atoms. The molecule has 1 aromatic rings. The predicted octanol–water partition coefficient (Wildman–Crippen LogP) is -1.39. The normalized spacial score (nSPS) is 27.6. The molecule has 1 aliphatic rings. The summed E-state index contributed by atoms with van der Waals surface area (Å²) in [7, 11) is 0. The van der Waals surface area contributed by atoms with E-state index >= 15 is 0 Å². The molecule has 6 N–H and O–H groups in total. The molecule has 0 amide bonds. The Morgan fingerprint density at radius 3 is 2.71 bits per heavy atom. The Bertz CT molecular complexity index is 659. The molecule has 2 rings (SSSR count). The second-order valence-corrected chi connectivity index (χ2v) is 5.82. The summed E-state index contributed by atoms with van der Waals surface area (Å²) in [6, 6.07) is 0. The van der Waals surface area contributed by atoms with Crippen molar-refractivity contribution in [2.45, 2.75) is 44.3 Å². The van der Waals surface area contributed by atoms with E-state index in [9.17, 15) is 15.0 Å². The third kappa shape index (κ3) is 3.82. The molecule has 1 fully saturated rings. The maximum atomic E-state index is 12.1. The van der Waals surface area contributed by atoms with Crippen molar-refractivity contribution >= 4 is 11.9 Å². The summed E-state index contributed by atoms with van der Waals surface area (Å²) in [4.78, 5) is 15.8. The quantitative estimate of drug-likeness (QED) is 0.424. The highest BCUT2D eigenvalue weighted by Gasteiger charge is 2.43. The van der Waals surface area contributed by atoms with E-state index in [2.05, 4.69) is 4.98 Å². The van der Waals surface area contributed by atoms with Crippen molar-refractivity contribution in [1.82, 2.24) is 9.55 Å². The SMILES string of the molecule is C/C(=C\c1cn([C@@H]2O[C@H](CO)[C@@H](O)[C@H]2O)c(=O)nc1N)CCCO. The fourth-order valence-corrected chi connectivity index (χ4v) is 2.60. The molecule has 0 unspecified atom stereocenters. The van der Waals surface area contributed by atoms with Crippen LogP contribution in [0.2, 0.25) is 0 Å². The predicted molar refractivity (Wildman–Crippen MR) is 85.9 cm³/mol. The Labute approximate surface area is 138 Å². The van der Waals surface area contributed by atoms with Crippen molar-refractivity contribution in [2.75, 3.05) is 18.9 Å². The lowest BCUT2D eigenvalue weighted by Crippen LogP contribution is -2.36. The van der Waals surface area contributed by atoms with Crippen LogP contribution >= 0.6 is 0 Å². The first-order valence-electron chi connectivity index (χ1n) is 7.68. The molecular weight excluding hydrogens is 318 g/mol. The summed E-state index contributed by atoms with van der Waals surface area (Å²) in [6.07, 6.45) is -0.454. The van der Waals surface area contributed by atoms with Crippen LogP contribution in [-0.2, 0) is 4.74 Å². The number of ether oxygens (including phenoxy) is 1. The molecule has 134 valence electrons. The minimum Gasteiger partial charge on any atom is -0.396 e. The number of aliphatic hydroxyl groups is 4. The summed E-state index contributed by atoms with van der Waals surface area (Å²) in [5.41, 5.74) is 6.44. The summed E-state index contributed by atoms with van der Waals surface area (Å²) in [6.45, 7) is 1.44. The lowest BCUT2D eigenvalue weighted by molar-refractivity contribution is -0.0549. The van der Waals surface area contributed by atoms with Crippen molar-refractivity contribution in [1.29, 1.82) is 0 Å². The number of hydrogen-bond donors (Lipinski definition) is 5. The number of rotatable bonds is 6. The monoisotopic (exact) mass is 341 g/mol. The molecule has 9 heteroatoms. The lowest BCUT2D eigenvalue weighted by atomic mass is 10.1. The van der Waals surface area contributed by atoms with Crippen LogP contribution in [0.25, 0.3) is 6.08 Å². The molecule has 9 nitrogen and oxygen atoms in total. The van der Waals surface area contributed by atoms with Gasteiger partial charge in [0, 0.05) is 18.4 Å². The van der Waals surface area contributed by atoms with Gasteiger partial charge in [-0.1, -0.05) is 11.6 Å². The zero-order valence-corrected chi connectivity index (χ0v) is 13.4. The average Bonchev–Trinajstić information content (AvgIpc) is 2.83. The zero-order chi connectivity index (χ0) is 17.9. The van der Waals surface area contributed by atoms with E-state index < -0.39 is 36.8 Å². The van der Waals surface area contributed by atoms with Crippen LogP contribution in [0.1, 0.15) is 31.6 Å². The average molecular weight is 341 g/mol. The number of aromatic nitrogens is 2. The summed E-state index contributed by atoms with van der Waals surface area (Å²) >= 11 is 0. The minimum absolute atomic E-state index is 0.0336. The van der Waals surface area contributed by atoms with E-state index in [0.717, 1.165) is 10.1 Å². The molecule has 1 aliphatic heterocycles. The summed E-state index contributed by atoms with van der Waals surface area (Å²) in [5, 5.41) is 37.9. The minimum atomic E-state index is -1.38. The highest BCUT2D eigenvalue weighted by Crippen LogP contribution is 2.28. The maximum Gasteiger partial charge on any atom is 0.351 e. The Hall–Kier alpha value is -1.78. The van der Waals surface area contributed by atoms with Crippen LogP contribution in [0.5, 0.6) is 0 Å². The number of nitrogens with two attached hydrogens (primary N) is 1. The third-order valence-corrected chi connectivity index (χ3v) is 3.93. The smallest absolute Gasteiger partial charge is 0.351 e. The zero-order valence-electron chi connectivity index (χ0n) is 13.4.